The maximum absolute atomic E-state index is 13.9. The summed E-state index contributed by atoms with van der Waals surface area (Å²) in [5, 5.41) is 12.2. The fourth-order valence-electron chi connectivity index (χ4n) is 3.28. The lowest BCUT2D eigenvalue weighted by molar-refractivity contribution is -0.150. The first-order valence-corrected chi connectivity index (χ1v) is 9.21. The van der Waals surface area contributed by atoms with Gasteiger partial charge >= 0.3 is 18.0 Å². The number of amides is 2. The highest BCUT2D eigenvalue weighted by Gasteiger charge is 2.40. The van der Waals surface area contributed by atoms with Gasteiger partial charge in [-0.15, -0.1) is 0 Å². The Kier molecular flexibility index (Phi) is 6.00. The number of hydrogen-bond acceptors (Lipinski definition) is 4. The molecule has 0 aromatic heterocycles. The molecule has 158 valence electrons. The summed E-state index contributed by atoms with van der Waals surface area (Å²) in [5.41, 5.74) is 3.99. The number of carboxylic acids is 1. The van der Waals surface area contributed by atoms with Crippen LogP contribution in [0.3, 0.4) is 0 Å². The van der Waals surface area contributed by atoms with Crippen LogP contribution in [0.15, 0.2) is 48.5 Å². The second kappa shape index (κ2) is 8.48. The predicted octanol–water partition coefficient (Wildman–Crippen LogP) is 2.75. The second-order valence-electron chi connectivity index (χ2n) is 6.92. The van der Waals surface area contributed by atoms with Gasteiger partial charge in [-0.1, -0.05) is 48.5 Å². The molecule has 0 saturated carbocycles. The van der Waals surface area contributed by atoms with Gasteiger partial charge in [0.05, 0.1) is 6.54 Å². The number of alkyl halides is 2. The summed E-state index contributed by atoms with van der Waals surface area (Å²) in [6.45, 7) is -0.329. The summed E-state index contributed by atoms with van der Waals surface area (Å²) in [6.07, 6.45) is -1.10. The van der Waals surface area contributed by atoms with Gasteiger partial charge in [0.25, 0.3) is 5.91 Å². The lowest BCUT2D eigenvalue weighted by atomic mass is 9.98. The summed E-state index contributed by atoms with van der Waals surface area (Å²) < 4.78 is 32.8. The van der Waals surface area contributed by atoms with E-state index in [1.165, 1.54) is 0 Å². The maximum atomic E-state index is 13.9. The SMILES string of the molecule is C[C@H](NC(=O)C(F)(F)CNC(=O)OCC1c2ccccc2-c2ccccc21)C(=O)O. The highest BCUT2D eigenvalue weighted by molar-refractivity contribution is 5.88. The van der Waals surface area contributed by atoms with E-state index < -0.39 is 36.5 Å². The summed E-state index contributed by atoms with van der Waals surface area (Å²) in [5.74, 6) is -7.47. The van der Waals surface area contributed by atoms with Crippen molar-refractivity contribution in [1.82, 2.24) is 10.6 Å². The van der Waals surface area contributed by atoms with Crippen LogP contribution in [0, 0.1) is 0 Å². The Bertz CT molecular complexity index is 934. The third-order valence-corrected chi connectivity index (χ3v) is 4.85. The van der Waals surface area contributed by atoms with Crippen molar-refractivity contribution < 1.29 is 33.0 Å². The van der Waals surface area contributed by atoms with Crippen molar-refractivity contribution >= 4 is 18.0 Å². The fourth-order valence-corrected chi connectivity index (χ4v) is 3.28. The zero-order valence-electron chi connectivity index (χ0n) is 16.0. The fraction of sp³-hybridized carbons (Fsp3) is 0.286. The number of carboxylic acid groups (broad SMARTS) is 1. The minimum Gasteiger partial charge on any atom is -0.480 e. The number of carbonyl (C=O) groups is 3. The van der Waals surface area contributed by atoms with E-state index in [0.717, 1.165) is 29.2 Å². The molecular formula is C21H20F2N2O5. The molecule has 3 rings (SSSR count). The number of aliphatic carboxylic acids is 1. The third-order valence-electron chi connectivity index (χ3n) is 4.85. The van der Waals surface area contributed by atoms with Gasteiger partial charge < -0.3 is 20.5 Å². The van der Waals surface area contributed by atoms with E-state index in [9.17, 15) is 23.2 Å². The summed E-state index contributed by atoms with van der Waals surface area (Å²) in [6, 6.07) is 13.8. The van der Waals surface area contributed by atoms with Crippen molar-refractivity contribution in [1.29, 1.82) is 0 Å². The Morgan fingerprint density at radius 1 is 1.07 bits per heavy atom. The Balaban J connectivity index is 1.58. The lowest BCUT2D eigenvalue weighted by Gasteiger charge is -2.19. The van der Waals surface area contributed by atoms with E-state index in [2.05, 4.69) is 0 Å². The first kappa shape index (κ1) is 21.2. The molecule has 0 radical (unpaired) electrons. The molecule has 1 atom stereocenters. The van der Waals surface area contributed by atoms with Crippen molar-refractivity contribution in [3.05, 3.63) is 59.7 Å². The molecule has 2 aromatic rings. The number of ether oxygens (including phenoxy) is 1. The number of alkyl carbamates (subject to hydrolysis) is 1. The molecule has 0 fully saturated rings. The number of rotatable bonds is 7. The molecule has 9 heteroatoms. The smallest absolute Gasteiger partial charge is 0.407 e. The number of hydrogen-bond donors (Lipinski definition) is 3. The van der Waals surface area contributed by atoms with Crippen LogP contribution in [0.1, 0.15) is 24.0 Å². The van der Waals surface area contributed by atoms with Gasteiger partial charge in [0, 0.05) is 5.92 Å². The molecule has 0 aliphatic heterocycles. The molecule has 0 heterocycles. The van der Waals surface area contributed by atoms with Crippen LogP contribution in [-0.2, 0) is 14.3 Å². The van der Waals surface area contributed by atoms with E-state index in [1.807, 2.05) is 53.8 Å². The molecule has 2 amide bonds. The van der Waals surface area contributed by atoms with Gasteiger partial charge in [0.1, 0.15) is 12.6 Å². The quantitative estimate of drug-likeness (QED) is 0.641. The van der Waals surface area contributed by atoms with Gasteiger partial charge in [-0.05, 0) is 29.2 Å². The molecule has 0 saturated heterocycles. The Morgan fingerprint density at radius 3 is 2.13 bits per heavy atom. The van der Waals surface area contributed by atoms with Crippen LogP contribution in [-0.4, -0.2) is 48.2 Å². The Hall–Kier alpha value is -3.49. The van der Waals surface area contributed by atoms with Gasteiger partial charge in [-0.3, -0.25) is 9.59 Å². The van der Waals surface area contributed by atoms with Crippen molar-refractivity contribution in [3.63, 3.8) is 0 Å². The molecule has 3 N–H and O–H groups in total. The normalized spacial score (nSPS) is 13.7. The van der Waals surface area contributed by atoms with Gasteiger partial charge in [-0.25, -0.2) is 4.79 Å². The van der Waals surface area contributed by atoms with Crippen LogP contribution >= 0.6 is 0 Å². The number of carbonyl (C=O) groups excluding carboxylic acids is 2. The zero-order chi connectivity index (χ0) is 21.9. The summed E-state index contributed by atoms with van der Waals surface area (Å²) >= 11 is 0. The average Bonchev–Trinajstić information content (AvgIpc) is 3.04. The average molecular weight is 418 g/mol. The number of nitrogens with one attached hydrogen (secondary N) is 2. The highest BCUT2D eigenvalue weighted by atomic mass is 19.3. The minimum absolute atomic E-state index is 0.0618. The van der Waals surface area contributed by atoms with E-state index in [-0.39, 0.29) is 12.5 Å². The van der Waals surface area contributed by atoms with Gasteiger partial charge in [0.15, 0.2) is 0 Å². The first-order valence-electron chi connectivity index (χ1n) is 9.21. The molecule has 30 heavy (non-hydrogen) atoms. The van der Waals surface area contributed by atoms with Crippen molar-refractivity contribution in [2.45, 2.75) is 24.8 Å². The van der Waals surface area contributed by atoms with E-state index in [0.29, 0.717) is 0 Å². The molecule has 0 unspecified atom stereocenters. The molecule has 7 nitrogen and oxygen atoms in total. The molecular weight excluding hydrogens is 398 g/mol. The van der Waals surface area contributed by atoms with Crippen LogP contribution < -0.4 is 10.6 Å². The van der Waals surface area contributed by atoms with E-state index >= 15 is 0 Å². The minimum atomic E-state index is -3.99. The number of benzene rings is 2. The first-order chi connectivity index (χ1) is 14.2. The number of halogens is 2. The zero-order valence-corrected chi connectivity index (χ0v) is 16.0. The summed E-state index contributed by atoms with van der Waals surface area (Å²) in [7, 11) is 0. The molecule has 1 aliphatic carbocycles. The maximum Gasteiger partial charge on any atom is 0.407 e. The third kappa shape index (κ3) is 4.40. The molecule has 0 spiro atoms. The topological polar surface area (TPSA) is 105 Å². The van der Waals surface area contributed by atoms with E-state index in [4.69, 9.17) is 9.84 Å². The highest BCUT2D eigenvalue weighted by Crippen LogP contribution is 2.44. The van der Waals surface area contributed by atoms with Gasteiger partial charge in [0.2, 0.25) is 0 Å². The molecule has 2 aromatic carbocycles. The van der Waals surface area contributed by atoms with Crippen LogP contribution in [0.4, 0.5) is 13.6 Å². The standard InChI is InChI=1S/C21H20F2N2O5/c1-12(18(26)27)25-19(28)21(22,23)11-24-20(29)30-10-17-15-8-4-2-6-13(15)14-7-3-5-9-16(14)17/h2-9,12,17H,10-11H2,1H3,(H,24,29)(H,25,28)(H,26,27)/t12-/m0/s1. The van der Waals surface area contributed by atoms with Crippen molar-refractivity contribution in [2.24, 2.45) is 0 Å². The van der Waals surface area contributed by atoms with Crippen molar-refractivity contribution in [2.75, 3.05) is 13.2 Å². The molecule has 0 bridgehead atoms. The van der Waals surface area contributed by atoms with Crippen LogP contribution in [0.25, 0.3) is 11.1 Å². The lowest BCUT2D eigenvalue weighted by Crippen LogP contribution is -2.52. The predicted molar refractivity (Wildman–Crippen MR) is 103 cm³/mol. The number of fused-ring (bicyclic) bond motifs is 3. The van der Waals surface area contributed by atoms with Gasteiger partial charge in [-0.2, -0.15) is 8.78 Å². The second-order valence-corrected chi connectivity index (χ2v) is 6.92. The summed E-state index contributed by atoms with van der Waals surface area (Å²) in [4.78, 5) is 34.1. The Morgan fingerprint density at radius 2 is 1.60 bits per heavy atom. The Labute approximate surface area is 171 Å². The largest absolute Gasteiger partial charge is 0.480 e. The van der Waals surface area contributed by atoms with E-state index in [1.54, 1.807) is 5.32 Å². The van der Waals surface area contributed by atoms with Crippen molar-refractivity contribution in [3.8, 4) is 11.1 Å². The van der Waals surface area contributed by atoms with Crippen LogP contribution in [0.2, 0.25) is 0 Å². The monoisotopic (exact) mass is 418 g/mol. The van der Waals surface area contributed by atoms with Crippen LogP contribution in [0.5, 0.6) is 0 Å². The molecule has 1 aliphatic rings.